The van der Waals surface area contributed by atoms with E-state index in [1.54, 1.807) is 6.07 Å². The van der Waals surface area contributed by atoms with Gasteiger partial charge in [-0.15, -0.1) is 0 Å². The number of unbranched alkanes of at least 4 members (excludes halogenated alkanes) is 4. The zero-order valence-electron chi connectivity index (χ0n) is 35.5. The highest BCUT2D eigenvalue weighted by Gasteiger charge is 2.45. The molecule has 0 amide bonds. The molecule has 0 saturated heterocycles. The summed E-state index contributed by atoms with van der Waals surface area (Å²) >= 11 is 8.04. The normalized spacial score (nSPS) is 20.1. The van der Waals surface area contributed by atoms with Crippen LogP contribution >= 0.6 is 23.6 Å². The van der Waals surface area contributed by atoms with Crippen molar-refractivity contribution in [2.75, 3.05) is 23.7 Å². The van der Waals surface area contributed by atoms with Crippen molar-refractivity contribution >= 4 is 72.9 Å². The van der Waals surface area contributed by atoms with Crippen LogP contribution in [0.2, 0.25) is 0 Å². The van der Waals surface area contributed by atoms with Crippen molar-refractivity contribution in [2.24, 2.45) is 0 Å². The molecule has 0 fully saturated rings. The molecule has 15 nitrogen and oxygen atoms in total. The van der Waals surface area contributed by atoms with E-state index in [2.05, 4.69) is 33.9 Å². The fourth-order valence-corrected chi connectivity index (χ4v) is 10.5. The van der Waals surface area contributed by atoms with Gasteiger partial charge in [0.1, 0.15) is 6.54 Å². The molecule has 4 N–H and O–H groups in total. The first-order valence-electron chi connectivity index (χ1n) is 20.9. The zero-order chi connectivity index (χ0) is 46.2. The molecule has 5 rings (SSSR count). The predicted molar refractivity (Wildman–Crippen MR) is 238 cm³/mol. The third kappa shape index (κ3) is 12.7. The summed E-state index contributed by atoms with van der Waals surface area (Å²) in [6.07, 6.45) is 14.4. The Kier molecular flexibility index (Phi) is 17.1. The van der Waals surface area contributed by atoms with Crippen LogP contribution in [0, 0.1) is 0 Å². The first-order chi connectivity index (χ1) is 29.7. The number of halogens is 1. The topological polar surface area (TPSA) is 231 Å². The maximum atomic E-state index is 12.3. The van der Waals surface area contributed by atoms with Crippen molar-refractivity contribution in [3.8, 4) is 0 Å². The number of hydrogen-bond acceptors (Lipinski definition) is 11. The lowest BCUT2D eigenvalue weighted by Gasteiger charge is -2.31. The van der Waals surface area contributed by atoms with Gasteiger partial charge in [0.05, 0.1) is 28.1 Å². The third-order valence-electron chi connectivity index (χ3n) is 12.0. The summed E-state index contributed by atoms with van der Waals surface area (Å²) in [5, 5.41) is 33.0. The summed E-state index contributed by atoms with van der Waals surface area (Å²) in [6, 6.07) is 10.1. The van der Waals surface area contributed by atoms with Crippen LogP contribution in [0.4, 0.5) is 11.4 Å². The van der Waals surface area contributed by atoms with Crippen LogP contribution in [-0.4, -0.2) is 77.2 Å². The van der Waals surface area contributed by atoms with E-state index in [-0.39, 0.29) is 30.7 Å². The van der Waals surface area contributed by atoms with Gasteiger partial charge in [0.15, 0.2) is 5.71 Å². The lowest BCUT2D eigenvalue weighted by molar-refractivity contribution is -0.777. The number of carboxylic acids is 2. The molecule has 63 heavy (non-hydrogen) atoms. The van der Waals surface area contributed by atoms with E-state index in [1.807, 2.05) is 48.3 Å². The van der Waals surface area contributed by atoms with Crippen molar-refractivity contribution in [3.63, 3.8) is 0 Å². The predicted octanol–water partition coefficient (Wildman–Crippen LogP) is 8.32. The first-order valence-corrected chi connectivity index (χ1v) is 25.0. The molecule has 344 valence electrons. The standard InChI is InChI=1S/C44H55ClN2O13S3/c1-43(2)34-28-32(61-60-59-52)18-20-36(34)46(25-9-5-7-15-41(50)51)38(43)22-16-30-12-10-13-31(42(30)45)17-23-39-44(3,24-8-4-6-14-40(48)49)35-29-33(63(56,57)58)19-21-37(35)47(39)26-11-27-62(53,54)55/h16-23,28-29H,4-15,24-27H2,1-3H3,(H4-,48,49,50,51,52,53,54,55,56,57,58). The first kappa shape index (κ1) is 50.2. The Morgan fingerprint density at radius 3 is 2.24 bits per heavy atom. The molecular weight excluding hydrogens is 896 g/mol. The van der Waals surface area contributed by atoms with E-state index in [4.69, 9.17) is 16.7 Å². The highest BCUT2D eigenvalue weighted by atomic mass is 35.5. The second-order valence-corrected chi connectivity index (χ2v) is 20.9. The molecule has 2 heterocycles. The minimum atomic E-state index is -4.58. The fourth-order valence-electron chi connectivity index (χ4n) is 8.82. The molecule has 2 aromatic carbocycles. The Balaban J connectivity index is 1.54. The second kappa shape index (κ2) is 21.4. The average molecular weight is 952 g/mol. The molecule has 2 aromatic rings. The number of benzene rings is 2. The number of nitrogens with zero attached hydrogens (tertiary/aromatic N) is 2. The van der Waals surface area contributed by atoms with E-state index < -0.39 is 48.8 Å². The van der Waals surface area contributed by atoms with Gasteiger partial charge in [-0.05, 0) is 125 Å². The Morgan fingerprint density at radius 2 is 1.59 bits per heavy atom. The maximum absolute atomic E-state index is 12.3. The summed E-state index contributed by atoms with van der Waals surface area (Å²) < 4.78 is 74.6. The Labute approximate surface area is 378 Å². The molecule has 0 aromatic heterocycles. The van der Waals surface area contributed by atoms with Crippen molar-refractivity contribution < 1.29 is 64.9 Å². The smallest absolute Gasteiger partial charge is 0.303 e. The molecule has 0 spiro atoms. The maximum Gasteiger partial charge on any atom is 0.303 e. The van der Waals surface area contributed by atoms with Gasteiger partial charge >= 0.3 is 11.9 Å². The lowest BCUT2D eigenvalue weighted by atomic mass is 9.77. The number of hydrogen-bond donors (Lipinski definition) is 4. The molecule has 0 saturated carbocycles. The number of carbonyl (C=O) groups is 2. The van der Waals surface area contributed by atoms with Gasteiger partial charge in [-0.3, -0.25) is 23.7 Å². The van der Waals surface area contributed by atoms with Crippen LogP contribution in [0.3, 0.4) is 0 Å². The quantitative estimate of drug-likeness (QED) is 0.0205. The Hall–Kier alpha value is -3.85. The van der Waals surface area contributed by atoms with E-state index >= 15 is 0 Å². The molecular formula is C44H55ClN2O13S3. The molecule has 0 bridgehead atoms. The van der Waals surface area contributed by atoms with Gasteiger partial charge in [0.25, 0.3) is 20.2 Å². The van der Waals surface area contributed by atoms with Gasteiger partial charge in [0.2, 0.25) is 5.69 Å². The van der Waals surface area contributed by atoms with Crippen LogP contribution in [0.5, 0.6) is 0 Å². The molecule has 19 heteroatoms. The highest BCUT2D eigenvalue weighted by molar-refractivity contribution is 7.94. The van der Waals surface area contributed by atoms with E-state index in [0.717, 1.165) is 65.1 Å². The van der Waals surface area contributed by atoms with Crippen LogP contribution in [0.15, 0.2) is 92.4 Å². The number of fused-ring (bicyclic) bond motifs is 2. The van der Waals surface area contributed by atoms with Gasteiger partial charge in [0, 0.05) is 70.2 Å². The second-order valence-electron chi connectivity index (χ2n) is 16.8. The number of carboxylic acid groups (broad SMARTS) is 2. The summed E-state index contributed by atoms with van der Waals surface area (Å²) in [5.41, 5.74) is 5.34. The number of allylic oxidation sites excluding steroid dienone is 8. The summed E-state index contributed by atoms with van der Waals surface area (Å²) in [6.45, 7) is 6.95. The van der Waals surface area contributed by atoms with Crippen LogP contribution in [0.25, 0.3) is 0 Å². The van der Waals surface area contributed by atoms with Crippen LogP contribution < -0.4 is 10.2 Å². The summed E-state index contributed by atoms with van der Waals surface area (Å²) in [5.74, 6) is -2.23. The number of anilines is 1. The van der Waals surface area contributed by atoms with Crippen LogP contribution in [-0.2, 0) is 50.0 Å². The molecule has 2 aliphatic heterocycles. The monoisotopic (exact) mass is 950 g/mol. The fraction of sp³-hybridized carbons (Fsp3) is 0.477. The highest BCUT2D eigenvalue weighted by Crippen LogP contribution is 2.52. The average Bonchev–Trinajstić information content (AvgIpc) is 3.56. The minimum absolute atomic E-state index is 0.00353. The third-order valence-corrected chi connectivity index (χ3v) is 14.7. The molecule has 0 radical (unpaired) electrons. The van der Waals surface area contributed by atoms with Gasteiger partial charge < -0.3 is 20.4 Å². The van der Waals surface area contributed by atoms with E-state index in [9.17, 15) is 45.9 Å². The largest absolute Gasteiger partial charge is 0.691 e. The van der Waals surface area contributed by atoms with Crippen molar-refractivity contribution in [1.29, 1.82) is 0 Å². The SMILES string of the molecule is CC1(C)C(/C=C/C2=C(Cl)C(=C/C=C3\N(CCCS(=O)(=O)O)c4ccc(S(=O)(=O)O)cc4C3(C)CCCCCC(=O)O)/CCC2)=[N+](CCCCCC(=O)O)c2ccc(SOO[O-])cc21. The lowest BCUT2D eigenvalue weighted by Crippen LogP contribution is -2.30. The number of rotatable bonds is 23. The van der Waals surface area contributed by atoms with Crippen molar-refractivity contribution in [1.82, 2.24) is 0 Å². The van der Waals surface area contributed by atoms with Crippen LogP contribution in [0.1, 0.15) is 115 Å². The van der Waals surface area contributed by atoms with Crippen molar-refractivity contribution in [3.05, 3.63) is 93.7 Å². The zero-order valence-corrected chi connectivity index (χ0v) is 38.8. The van der Waals surface area contributed by atoms with Gasteiger partial charge in [-0.2, -0.15) is 25.7 Å². The molecule has 1 unspecified atom stereocenters. The molecule has 1 atom stereocenters. The summed E-state index contributed by atoms with van der Waals surface area (Å²) in [4.78, 5) is 24.7. The Bertz CT molecular complexity index is 2440. The van der Waals surface area contributed by atoms with E-state index in [1.165, 1.54) is 12.1 Å². The number of aliphatic carboxylic acids is 2. The van der Waals surface area contributed by atoms with Gasteiger partial charge in [-0.25, -0.2) is 0 Å². The van der Waals surface area contributed by atoms with E-state index in [0.29, 0.717) is 72.7 Å². The molecule has 3 aliphatic rings. The molecule has 1 aliphatic carbocycles. The van der Waals surface area contributed by atoms with Gasteiger partial charge in [-0.1, -0.05) is 36.6 Å². The minimum Gasteiger partial charge on any atom is -0.691 e. The Morgan fingerprint density at radius 1 is 0.889 bits per heavy atom. The summed E-state index contributed by atoms with van der Waals surface area (Å²) in [7, 11) is -8.87. The van der Waals surface area contributed by atoms with Crippen molar-refractivity contribution in [2.45, 2.75) is 125 Å².